The van der Waals surface area contributed by atoms with Gasteiger partial charge in [0, 0.05) is 13.1 Å². The van der Waals surface area contributed by atoms with Gasteiger partial charge in [0.1, 0.15) is 6.04 Å². The van der Waals surface area contributed by atoms with Crippen molar-refractivity contribution in [2.75, 3.05) is 26.2 Å². The quantitative estimate of drug-likeness (QED) is 0.875. The Hall–Kier alpha value is -1.88. The molecule has 0 radical (unpaired) electrons. The zero-order chi connectivity index (χ0) is 16.8. The van der Waals surface area contributed by atoms with Crippen LogP contribution in [0, 0.1) is 5.92 Å². The molecule has 0 saturated carbocycles. The SMILES string of the molecule is CCN(CC)C(C(=O)N1CCC(C(=O)O)CC1)c1ccccc1. The fraction of sp³-hybridized carbons (Fsp3) is 0.556. The minimum atomic E-state index is -0.750. The third-order valence-corrected chi connectivity index (χ3v) is 4.68. The number of likely N-dealkylation sites (tertiary alicyclic amines) is 1. The minimum absolute atomic E-state index is 0.0868. The lowest BCUT2D eigenvalue weighted by Crippen LogP contribution is -2.47. The van der Waals surface area contributed by atoms with E-state index >= 15 is 0 Å². The van der Waals surface area contributed by atoms with Crippen LogP contribution in [0.3, 0.4) is 0 Å². The highest BCUT2D eigenvalue weighted by atomic mass is 16.4. The average Bonchev–Trinajstić information content (AvgIpc) is 2.59. The molecule has 1 aliphatic heterocycles. The zero-order valence-electron chi connectivity index (χ0n) is 13.9. The molecule has 1 amide bonds. The number of nitrogens with zero attached hydrogens (tertiary/aromatic N) is 2. The molecule has 0 aliphatic carbocycles. The van der Waals surface area contributed by atoms with E-state index < -0.39 is 5.97 Å². The first kappa shape index (κ1) is 17.5. The van der Waals surface area contributed by atoms with E-state index in [0.717, 1.165) is 18.7 Å². The molecule has 0 bridgehead atoms. The maximum atomic E-state index is 13.1. The molecule has 1 aromatic carbocycles. The Labute approximate surface area is 137 Å². The summed E-state index contributed by atoms with van der Waals surface area (Å²) in [6.45, 7) is 6.77. The van der Waals surface area contributed by atoms with Crippen molar-refractivity contribution in [1.29, 1.82) is 0 Å². The largest absolute Gasteiger partial charge is 0.481 e. The zero-order valence-corrected chi connectivity index (χ0v) is 13.9. The van der Waals surface area contributed by atoms with Crippen LogP contribution in [0.25, 0.3) is 0 Å². The summed E-state index contributed by atoms with van der Waals surface area (Å²) in [6, 6.07) is 9.56. The molecule has 1 fully saturated rings. The van der Waals surface area contributed by atoms with Crippen LogP contribution in [0.5, 0.6) is 0 Å². The number of hydrogen-bond acceptors (Lipinski definition) is 3. The van der Waals surface area contributed by atoms with Crippen LogP contribution in [-0.2, 0) is 9.59 Å². The number of likely N-dealkylation sites (N-methyl/N-ethyl adjacent to an activating group) is 1. The van der Waals surface area contributed by atoms with Gasteiger partial charge in [-0.1, -0.05) is 44.2 Å². The summed E-state index contributed by atoms with van der Waals surface area (Å²) in [6.07, 6.45) is 1.08. The first-order chi connectivity index (χ1) is 11.1. The van der Waals surface area contributed by atoms with Gasteiger partial charge in [-0.15, -0.1) is 0 Å². The van der Waals surface area contributed by atoms with Crippen LogP contribution < -0.4 is 0 Å². The summed E-state index contributed by atoms with van der Waals surface area (Å²) >= 11 is 0. The molecule has 1 aliphatic rings. The van der Waals surface area contributed by atoms with E-state index in [1.807, 2.05) is 35.2 Å². The fourth-order valence-electron chi connectivity index (χ4n) is 3.25. The predicted molar refractivity (Wildman–Crippen MR) is 89.0 cm³/mol. The Morgan fingerprint density at radius 2 is 1.74 bits per heavy atom. The molecule has 5 heteroatoms. The minimum Gasteiger partial charge on any atom is -0.481 e. The molecule has 2 rings (SSSR count). The van der Waals surface area contributed by atoms with Crippen LogP contribution in [0.4, 0.5) is 0 Å². The van der Waals surface area contributed by atoms with E-state index in [2.05, 4.69) is 18.7 Å². The van der Waals surface area contributed by atoms with E-state index in [0.29, 0.717) is 25.9 Å². The first-order valence-corrected chi connectivity index (χ1v) is 8.39. The number of carboxylic acids is 1. The van der Waals surface area contributed by atoms with Crippen LogP contribution in [0.15, 0.2) is 30.3 Å². The van der Waals surface area contributed by atoms with Crippen molar-refractivity contribution in [2.45, 2.75) is 32.7 Å². The molecule has 0 aromatic heterocycles. The van der Waals surface area contributed by atoms with Crippen molar-refractivity contribution >= 4 is 11.9 Å². The standard InChI is InChI=1S/C18H26N2O3/c1-3-19(4-2)16(14-8-6-5-7-9-14)17(21)20-12-10-15(11-13-20)18(22)23/h5-9,15-16H,3-4,10-13H2,1-2H3,(H,22,23). The topological polar surface area (TPSA) is 60.9 Å². The number of carbonyl (C=O) groups is 2. The van der Waals surface area contributed by atoms with Gasteiger partial charge >= 0.3 is 5.97 Å². The predicted octanol–water partition coefficient (Wildman–Crippen LogP) is 2.39. The van der Waals surface area contributed by atoms with Crippen molar-refractivity contribution in [2.24, 2.45) is 5.92 Å². The highest BCUT2D eigenvalue weighted by Gasteiger charge is 2.33. The van der Waals surface area contributed by atoms with Crippen LogP contribution in [0.1, 0.15) is 38.3 Å². The third-order valence-electron chi connectivity index (χ3n) is 4.68. The van der Waals surface area contributed by atoms with Gasteiger partial charge in [-0.2, -0.15) is 0 Å². The Morgan fingerprint density at radius 1 is 1.17 bits per heavy atom. The average molecular weight is 318 g/mol. The Balaban J connectivity index is 2.16. The fourth-order valence-corrected chi connectivity index (χ4v) is 3.25. The molecule has 1 heterocycles. The van der Waals surface area contributed by atoms with Crippen molar-refractivity contribution in [3.8, 4) is 0 Å². The van der Waals surface area contributed by atoms with Crippen molar-refractivity contribution in [3.63, 3.8) is 0 Å². The van der Waals surface area contributed by atoms with Gasteiger partial charge in [0.05, 0.1) is 5.92 Å². The van der Waals surface area contributed by atoms with E-state index in [1.54, 1.807) is 0 Å². The Bertz CT molecular complexity index is 520. The second-order valence-corrected chi connectivity index (χ2v) is 5.97. The van der Waals surface area contributed by atoms with Crippen LogP contribution in [-0.4, -0.2) is 53.0 Å². The van der Waals surface area contributed by atoms with Gasteiger partial charge in [-0.05, 0) is 31.5 Å². The number of rotatable bonds is 6. The summed E-state index contributed by atoms with van der Waals surface area (Å²) in [7, 11) is 0. The lowest BCUT2D eigenvalue weighted by atomic mass is 9.95. The van der Waals surface area contributed by atoms with Gasteiger partial charge in [-0.3, -0.25) is 14.5 Å². The van der Waals surface area contributed by atoms with E-state index in [1.165, 1.54) is 0 Å². The normalized spacial score (nSPS) is 17.3. The number of aliphatic carboxylic acids is 1. The van der Waals surface area contributed by atoms with Gasteiger partial charge in [0.2, 0.25) is 5.91 Å². The Morgan fingerprint density at radius 3 is 2.22 bits per heavy atom. The molecule has 5 nitrogen and oxygen atoms in total. The smallest absolute Gasteiger partial charge is 0.306 e. The van der Waals surface area contributed by atoms with E-state index in [9.17, 15) is 9.59 Å². The van der Waals surface area contributed by atoms with Gasteiger partial charge in [0.15, 0.2) is 0 Å². The van der Waals surface area contributed by atoms with Crippen molar-refractivity contribution in [3.05, 3.63) is 35.9 Å². The van der Waals surface area contributed by atoms with E-state index in [4.69, 9.17) is 5.11 Å². The molecule has 1 unspecified atom stereocenters. The molecule has 1 aromatic rings. The summed E-state index contributed by atoms with van der Waals surface area (Å²) in [5, 5.41) is 9.10. The second-order valence-electron chi connectivity index (χ2n) is 5.97. The highest BCUT2D eigenvalue weighted by molar-refractivity contribution is 5.83. The Kier molecular flexibility index (Phi) is 6.16. The third kappa shape index (κ3) is 4.10. The highest BCUT2D eigenvalue weighted by Crippen LogP contribution is 2.26. The number of carboxylic acid groups (broad SMARTS) is 1. The number of hydrogen-bond donors (Lipinski definition) is 1. The molecular weight excluding hydrogens is 292 g/mol. The second kappa shape index (κ2) is 8.11. The maximum absolute atomic E-state index is 13.1. The lowest BCUT2D eigenvalue weighted by molar-refractivity contribution is -0.147. The van der Waals surface area contributed by atoms with Crippen molar-refractivity contribution < 1.29 is 14.7 Å². The molecule has 1 N–H and O–H groups in total. The molecule has 126 valence electrons. The number of benzene rings is 1. The number of piperidine rings is 1. The molecular formula is C18H26N2O3. The van der Waals surface area contributed by atoms with Gasteiger partial charge < -0.3 is 10.0 Å². The van der Waals surface area contributed by atoms with Crippen molar-refractivity contribution in [1.82, 2.24) is 9.80 Å². The monoisotopic (exact) mass is 318 g/mol. The molecule has 1 saturated heterocycles. The summed E-state index contributed by atoms with van der Waals surface area (Å²) < 4.78 is 0. The molecule has 1 atom stereocenters. The number of amides is 1. The molecule has 0 spiro atoms. The molecule has 23 heavy (non-hydrogen) atoms. The van der Waals surface area contributed by atoms with Crippen LogP contribution >= 0.6 is 0 Å². The van der Waals surface area contributed by atoms with E-state index in [-0.39, 0.29) is 17.9 Å². The first-order valence-electron chi connectivity index (χ1n) is 8.39. The summed E-state index contributed by atoms with van der Waals surface area (Å²) in [5.41, 5.74) is 1.00. The number of carbonyl (C=O) groups excluding carboxylic acids is 1. The summed E-state index contributed by atoms with van der Waals surface area (Å²) in [5.74, 6) is -0.980. The maximum Gasteiger partial charge on any atom is 0.306 e. The summed E-state index contributed by atoms with van der Waals surface area (Å²) in [4.78, 5) is 28.1. The van der Waals surface area contributed by atoms with Gasteiger partial charge in [-0.25, -0.2) is 0 Å². The van der Waals surface area contributed by atoms with Gasteiger partial charge in [0.25, 0.3) is 0 Å². The lowest BCUT2D eigenvalue weighted by Gasteiger charge is -2.36. The van der Waals surface area contributed by atoms with Crippen LogP contribution in [0.2, 0.25) is 0 Å².